The van der Waals surface area contributed by atoms with E-state index in [1.54, 1.807) is 7.11 Å². The fraction of sp³-hybridized carbons (Fsp3) is 1.00. The quantitative estimate of drug-likeness (QED) is 0.629. The number of likely N-dealkylation sites (N-methyl/N-ethyl adjacent to an activating group) is 1. The van der Waals surface area contributed by atoms with Gasteiger partial charge in [-0.25, -0.2) is 0 Å². The number of nitrogens with zero attached hydrogens (tertiary/aromatic N) is 1. The van der Waals surface area contributed by atoms with Gasteiger partial charge >= 0.3 is 0 Å². The van der Waals surface area contributed by atoms with Crippen molar-refractivity contribution in [1.82, 2.24) is 10.2 Å². The van der Waals surface area contributed by atoms with E-state index in [2.05, 4.69) is 24.1 Å². The van der Waals surface area contributed by atoms with Crippen LogP contribution in [0.15, 0.2) is 0 Å². The molecule has 1 aliphatic carbocycles. The molecule has 1 aliphatic rings. The summed E-state index contributed by atoms with van der Waals surface area (Å²) >= 11 is 0. The van der Waals surface area contributed by atoms with E-state index in [1.165, 1.54) is 25.8 Å². The summed E-state index contributed by atoms with van der Waals surface area (Å²) in [6, 6.07) is 1.34. The third-order valence-electron chi connectivity index (χ3n) is 3.01. The summed E-state index contributed by atoms with van der Waals surface area (Å²) in [5, 5.41) is 3.59. The van der Waals surface area contributed by atoms with E-state index in [4.69, 9.17) is 4.74 Å². The number of hydrogen-bond acceptors (Lipinski definition) is 3. The molecule has 0 aliphatic heterocycles. The average Bonchev–Trinajstić information content (AvgIpc) is 3.05. The third kappa shape index (κ3) is 4.96. The van der Waals surface area contributed by atoms with Crippen LogP contribution in [0.2, 0.25) is 0 Å². The van der Waals surface area contributed by atoms with E-state index in [9.17, 15) is 0 Å². The van der Waals surface area contributed by atoms with Crippen LogP contribution in [0.5, 0.6) is 0 Å². The van der Waals surface area contributed by atoms with Gasteiger partial charge in [0.2, 0.25) is 0 Å². The van der Waals surface area contributed by atoms with Crippen molar-refractivity contribution in [2.75, 3.05) is 33.4 Å². The van der Waals surface area contributed by atoms with Gasteiger partial charge in [-0.15, -0.1) is 0 Å². The van der Waals surface area contributed by atoms with E-state index >= 15 is 0 Å². The molecular formula is C12H26N2O. The molecule has 90 valence electrons. The lowest BCUT2D eigenvalue weighted by Crippen LogP contribution is -2.45. The molecule has 0 aromatic carbocycles. The Morgan fingerprint density at radius 2 is 2.13 bits per heavy atom. The van der Waals surface area contributed by atoms with Crippen molar-refractivity contribution < 1.29 is 4.74 Å². The molecule has 0 heterocycles. The van der Waals surface area contributed by atoms with Gasteiger partial charge in [0, 0.05) is 25.7 Å². The normalized spacial score (nSPS) is 18.4. The van der Waals surface area contributed by atoms with Crippen LogP contribution in [-0.2, 0) is 4.74 Å². The molecule has 0 aromatic rings. The highest BCUT2D eigenvalue weighted by Crippen LogP contribution is 2.18. The molecule has 1 atom stereocenters. The molecule has 1 saturated carbocycles. The number of rotatable bonds is 9. The summed E-state index contributed by atoms with van der Waals surface area (Å²) in [7, 11) is 1.80. The van der Waals surface area contributed by atoms with Crippen LogP contribution in [0.4, 0.5) is 0 Å². The van der Waals surface area contributed by atoms with Crippen molar-refractivity contribution >= 4 is 0 Å². The van der Waals surface area contributed by atoms with Gasteiger partial charge in [0.15, 0.2) is 0 Å². The smallest absolute Gasteiger partial charge is 0.0630 e. The maximum absolute atomic E-state index is 5.30. The molecule has 0 spiro atoms. The topological polar surface area (TPSA) is 24.5 Å². The molecule has 1 rings (SSSR count). The van der Waals surface area contributed by atoms with E-state index in [-0.39, 0.29) is 0 Å². The summed E-state index contributed by atoms with van der Waals surface area (Å²) < 4.78 is 5.30. The maximum atomic E-state index is 5.30. The van der Waals surface area contributed by atoms with E-state index in [0.29, 0.717) is 6.04 Å². The highest BCUT2D eigenvalue weighted by atomic mass is 16.5. The number of methoxy groups -OCH3 is 1. The van der Waals surface area contributed by atoms with Crippen molar-refractivity contribution in [1.29, 1.82) is 0 Å². The standard InChI is InChI=1S/C12H26N2O/c1-4-8-14(5-2)12(10-15-3)9-13-11-6-7-11/h11-13H,4-10H2,1-3H3. The lowest BCUT2D eigenvalue weighted by molar-refractivity contribution is 0.0921. The van der Waals surface area contributed by atoms with Crippen molar-refractivity contribution in [2.45, 2.75) is 45.2 Å². The predicted octanol–water partition coefficient (Wildman–Crippen LogP) is 1.49. The molecule has 15 heavy (non-hydrogen) atoms. The molecule has 1 fully saturated rings. The van der Waals surface area contributed by atoms with Crippen molar-refractivity contribution in [3.8, 4) is 0 Å². The second-order valence-corrected chi connectivity index (χ2v) is 4.42. The van der Waals surface area contributed by atoms with Crippen LogP contribution in [0, 0.1) is 0 Å². The van der Waals surface area contributed by atoms with Gasteiger partial charge in [-0.05, 0) is 32.4 Å². The monoisotopic (exact) mass is 214 g/mol. The molecular weight excluding hydrogens is 188 g/mol. The lowest BCUT2D eigenvalue weighted by Gasteiger charge is -2.30. The second kappa shape index (κ2) is 7.20. The molecule has 1 N–H and O–H groups in total. The number of hydrogen-bond donors (Lipinski definition) is 1. The Labute approximate surface area is 94.2 Å². The highest BCUT2D eigenvalue weighted by molar-refractivity contribution is 4.84. The summed E-state index contributed by atoms with van der Waals surface area (Å²) in [6.07, 6.45) is 3.94. The Morgan fingerprint density at radius 3 is 2.60 bits per heavy atom. The van der Waals surface area contributed by atoms with Gasteiger partial charge in [-0.1, -0.05) is 13.8 Å². The van der Waals surface area contributed by atoms with Crippen molar-refractivity contribution in [3.05, 3.63) is 0 Å². The Kier molecular flexibility index (Phi) is 6.22. The molecule has 0 radical (unpaired) electrons. The minimum absolute atomic E-state index is 0.542. The summed E-state index contributed by atoms with van der Waals surface area (Å²) in [4.78, 5) is 2.51. The van der Waals surface area contributed by atoms with Crippen LogP contribution in [0.25, 0.3) is 0 Å². The first kappa shape index (κ1) is 12.9. The predicted molar refractivity (Wildman–Crippen MR) is 64.2 cm³/mol. The molecule has 0 bridgehead atoms. The number of ether oxygens (including phenoxy) is 1. The van der Waals surface area contributed by atoms with Gasteiger partial charge in [-0.2, -0.15) is 0 Å². The first-order valence-corrected chi connectivity index (χ1v) is 6.28. The van der Waals surface area contributed by atoms with E-state index in [1.807, 2.05) is 0 Å². The molecule has 0 aromatic heterocycles. The van der Waals surface area contributed by atoms with Gasteiger partial charge < -0.3 is 10.1 Å². The van der Waals surface area contributed by atoms with Crippen LogP contribution in [0.1, 0.15) is 33.1 Å². The molecule has 3 nitrogen and oxygen atoms in total. The average molecular weight is 214 g/mol. The Balaban J connectivity index is 2.29. The summed E-state index contributed by atoms with van der Waals surface area (Å²) in [5.74, 6) is 0. The Morgan fingerprint density at radius 1 is 1.40 bits per heavy atom. The SMILES string of the molecule is CCCN(CC)C(CNC1CC1)COC. The first-order valence-electron chi connectivity index (χ1n) is 6.28. The van der Waals surface area contributed by atoms with Gasteiger partial charge in [0.25, 0.3) is 0 Å². The zero-order chi connectivity index (χ0) is 11.1. The lowest BCUT2D eigenvalue weighted by atomic mass is 10.2. The molecule has 0 amide bonds. The van der Waals surface area contributed by atoms with Gasteiger partial charge in [0.1, 0.15) is 0 Å². The van der Waals surface area contributed by atoms with Crippen LogP contribution in [0.3, 0.4) is 0 Å². The van der Waals surface area contributed by atoms with Crippen molar-refractivity contribution in [3.63, 3.8) is 0 Å². The largest absolute Gasteiger partial charge is 0.383 e. The summed E-state index contributed by atoms with van der Waals surface area (Å²) in [5.41, 5.74) is 0. The fourth-order valence-corrected chi connectivity index (χ4v) is 1.96. The van der Waals surface area contributed by atoms with Crippen LogP contribution in [-0.4, -0.2) is 50.3 Å². The van der Waals surface area contributed by atoms with E-state index < -0.39 is 0 Å². The minimum atomic E-state index is 0.542. The zero-order valence-corrected chi connectivity index (χ0v) is 10.5. The van der Waals surface area contributed by atoms with Crippen LogP contribution >= 0.6 is 0 Å². The van der Waals surface area contributed by atoms with Gasteiger partial charge in [0.05, 0.1) is 6.61 Å². The zero-order valence-electron chi connectivity index (χ0n) is 10.5. The molecule has 1 unspecified atom stereocenters. The molecule has 0 saturated heterocycles. The molecule has 3 heteroatoms. The van der Waals surface area contributed by atoms with Gasteiger partial charge in [-0.3, -0.25) is 4.90 Å². The second-order valence-electron chi connectivity index (χ2n) is 4.42. The first-order chi connectivity index (χ1) is 7.31. The Hall–Kier alpha value is -0.120. The highest BCUT2D eigenvalue weighted by Gasteiger charge is 2.23. The van der Waals surface area contributed by atoms with Crippen LogP contribution < -0.4 is 5.32 Å². The minimum Gasteiger partial charge on any atom is -0.383 e. The van der Waals surface area contributed by atoms with E-state index in [0.717, 1.165) is 25.7 Å². The van der Waals surface area contributed by atoms with Crippen molar-refractivity contribution in [2.24, 2.45) is 0 Å². The fourth-order valence-electron chi connectivity index (χ4n) is 1.96. The number of nitrogens with one attached hydrogen (secondary N) is 1. The third-order valence-corrected chi connectivity index (χ3v) is 3.01. The maximum Gasteiger partial charge on any atom is 0.0630 e. The Bertz CT molecular complexity index is 160. The summed E-state index contributed by atoms with van der Waals surface area (Å²) in [6.45, 7) is 8.68.